The Morgan fingerprint density at radius 2 is 2.00 bits per heavy atom. The number of anilines is 2. The Labute approximate surface area is 164 Å². The van der Waals surface area contributed by atoms with E-state index in [9.17, 15) is 4.79 Å². The summed E-state index contributed by atoms with van der Waals surface area (Å²) in [7, 11) is 0. The molecule has 0 atom stereocenters. The van der Waals surface area contributed by atoms with Gasteiger partial charge in [-0.05, 0) is 48.9 Å². The summed E-state index contributed by atoms with van der Waals surface area (Å²) in [5.41, 5.74) is 2.95. The van der Waals surface area contributed by atoms with Crippen LogP contribution in [-0.4, -0.2) is 10.9 Å². The summed E-state index contributed by atoms with van der Waals surface area (Å²) >= 11 is 6.68. The van der Waals surface area contributed by atoms with Crippen molar-refractivity contribution in [2.45, 2.75) is 24.5 Å². The van der Waals surface area contributed by atoms with Gasteiger partial charge < -0.3 is 0 Å². The van der Waals surface area contributed by atoms with Crippen molar-refractivity contribution in [1.82, 2.24) is 4.98 Å². The summed E-state index contributed by atoms with van der Waals surface area (Å²) < 4.78 is 1.07. The summed E-state index contributed by atoms with van der Waals surface area (Å²) in [6, 6.07) is 16.1. The summed E-state index contributed by atoms with van der Waals surface area (Å²) in [6.45, 7) is 3.59. The number of carbonyl (C=O) groups excluding carboxylic acids is 1. The maximum Gasteiger partial charge on any atom is 0.230 e. The Balaban J connectivity index is 1.76. The Morgan fingerprint density at radius 3 is 2.68 bits per heavy atom. The maximum absolute atomic E-state index is 12.2. The molecule has 0 aliphatic heterocycles. The van der Waals surface area contributed by atoms with Crippen LogP contribution in [0.3, 0.4) is 0 Å². The van der Waals surface area contributed by atoms with E-state index >= 15 is 0 Å². The minimum Gasteiger partial charge on any atom is -0.274 e. The fourth-order valence-corrected chi connectivity index (χ4v) is 4.39. The van der Waals surface area contributed by atoms with Gasteiger partial charge in [0.25, 0.3) is 0 Å². The van der Waals surface area contributed by atoms with E-state index < -0.39 is 0 Å². The van der Waals surface area contributed by atoms with Crippen LogP contribution in [0, 0.1) is 6.92 Å². The van der Waals surface area contributed by atoms with Crippen molar-refractivity contribution >= 4 is 55.8 Å². The van der Waals surface area contributed by atoms with Gasteiger partial charge in [-0.1, -0.05) is 28.1 Å². The monoisotopic (exact) mass is 432 g/mol. The van der Waals surface area contributed by atoms with E-state index in [1.54, 1.807) is 23.6 Å². The number of thiazole rings is 1. The van der Waals surface area contributed by atoms with Crippen LogP contribution in [-0.2, 0) is 10.5 Å². The second-order valence-electron chi connectivity index (χ2n) is 5.56. The van der Waals surface area contributed by atoms with Crippen molar-refractivity contribution in [3.8, 4) is 0 Å². The molecule has 0 bridgehead atoms. The number of aryl methyl sites for hydroxylation is 1. The summed E-state index contributed by atoms with van der Waals surface area (Å²) in [6.07, 6.45) is 0. The Morgan fingerprint density at radius 1 is 1.24 bits per heavy atom. The molecule has 3 nitrogen and oxygen atoms in total. The van der Waals surface area contributed by atoms with E-state index in [1.807, 2.05) is 48.7 Å². The third kappa shape index (κ3) is 4.71. The van der Waals surface area contributed by atoms with E-state index in [0.717, 1.165) is 27.2 Å². The van der Waals surface area contributed by atoms with Crippen molar-refractivity contribution < 1.29 is 4.79 Å². The zero-order valence-corrected chi connectivity index (χ0v) is 17.1. The standard InChI is InChI=1S/C19H17BrN2OS2/c1-13-4-3-5-17(10-13)22(14(2)23)19-21-16(12-25-19)11-24-18-8-6-15(20)7-9-18/h3-10,12H,11H2,1-2H3. The SMILES string of the molecule is CC(=O)N(c1cccc(C)c1)c1nc(CSc2ccc(Br)cc2)cs1. The molecule has 0 radical (unpaired) electrons. The highest BCUT2D eigenvalue weighted by molar-refractivity contribution is 9.10. The molecule has 0 saturated heterocycles. The van der Waals surface area contributed by atoms with Crippen molar-refractivity contribution in [2.75, 3.05) is 4.90 Å². The number of amides is 1. The van der Waals surface area contributed by atoms with Crippen molar-refractivity contribution in [3.05, 3.63) is 69.6 Å². The molecule has 3 rings (SSSR count). The molecule has 2 aromatic carbocycles. The van der Waals surface area contributed by atoms with E-state index in [4.69, 9.17) is 0 Å². The van der Waals surface area contributed by atoms with Gasteiger partial charge in [-0.3, -0.25) is 9.69 Å². The molecular formula is C19H17BrN2OS2. The zero-order valence-electron chi connectivity index (χ0n) is 13.9. The van der Waals surface area contributed by atoms with Crippen molar-refractivity contribution in [1.29, 1.82) is 0 Å². The van der Waals surface area contributed by atoms with Crippen LogP contribution in [0.5, 0.6) is 0 Å². The molecule has 3 aromatic rings. The summed E-state index contributed by atoms with van der Waals surface area (Å²) in [5, 5.41) is 2.73. The lowest BCUT2D eigenvalue weighted by atomic mass is 10.2. The first-order chi connectivity index (χ1) is 12.0. The van der Waals surface area contributed by atoms with E-state index in [2.05, 4.69) is 33.0 Å². The molecule has 0 aliphatic carbocycles. The summed E-state index contributed by atoms with van der Waals surface area (Å²) in [4.78, 5) is 19.7. The van der Waals surface area contributed by atoms with Gasteiger partial charge in [0.15, 0.2) is 5.13 Å². The lowest BCUT2D eigenvalue weighted by Crippen LogP contribution is -2.22. The molecule has 128 valence electrons. The number of hydrogen-bond acceptors (Lipinski definition) is 4. The molecule has 0 N–H and O–H groups in total. The number of thioether (sulfide) groups is 1. The van der Waals surface area contributed by atoms with Gasteiger partial charge in [0, 0.05) is 27.4 Å². The van der Waals surface area contributed by atoms with Crippen LogP contribution in [0.1, 0.15) is 18.2 Å². The first-order valence-corrected chi connectivity index (χ1v) is 10.4. The van der Waals surface area contributed by atoms with Gasteiger partial charge in [-0.25, -0.2) is 4.98 Å². The van der Waals surface area contributed by atoms with Crippen molar-refractivity contribution in [2.24, 2.45) is 0 Å². The van der Waals surface area contributed by atoms with Gasteiger partial charge in [-0.15, -0.1) is 23.1 Å². The van der Waals surface area contributed by atoms with Gasteiger partial charge >= 0.3 is 0 Å². The molecule has 1 heterocycles. The second kappa shape index (κ2) is 8.17. The molecule has 1 aromatic heterocycles. The van der Waals surface area contributed by atoms with E-state index in [0.29, 0.717) is 5.13 Å². The third-order valence-electron chi connectivity index (χ3n) is 3.51. The highest BCUT2D eigenvalue weighted by atomic mass is 79.9. The normalized spacial score (nSPS) is 10.7. The lowest BCUT2D eigenvalue weighted by Gasteiger charge is -2.18. The highest BCUT2D eigenvalue weighted by Crippen LogP contribution is 2.31. The molecule has 0 aliphatic rings. The molecule has 1 amide bonds. The van der Waals surface area contributed by atoms with Crippen LogP contribution >= 0.6 is 39.0 Å². The van der Waals surface area contributed by atoms with Gasteiger partial charge in [0.1, 0.15) is 0 Å². The smallest absolute Gasteiger partial charge is 0.230 e. The Hall–Kier alpha value is -1.63. The molecule has 25 heavy (non-hydrogen) atoms. The minimum absolute atomic E-state index is 0.0351. The summed E-state index contributed by atoms with van der Waals surface area (Å²) in [5.74, 6) is 0.740. The van der Waals surface area contributed by atoms with Crippen LogP contribution in [0.25, 0.3) is 0 Å². The zero-order chi connectivity index (χ0) is 17.8. The lowest BCUT2D eigenvalue weighted by molar-refractivity contribution is -0.115. The van der Waals surface area contributed by atoms with Crippen LogP contribution in [0.2, 0.25) is 0 Å². The average molecular weight is 433 g/mol. The fraction of sp³-hybridized carbons (Fsp3) is 0.158. The molecule has 6 heteroatoms. The molecular weight excluding hydrogens is 416 g/mol. The quantitative estimate of drug-likeness (QED) is 0.450. The number of nitrogens with zero attached hydrogens (tertiary/aromatic N) is 2. The average Bonchev–Trinajstić information content (AvgIpc) is 3.03. The topological polar surface area (TPSA) is 33.2 Å². The largest absolute Gasteiger partial charge is 0.274 e. The fourth-order valence-electron chi connectivity index (χ4n) is 2.35. The number of halogens is 1. The van der Waals surface area contributed by atoms with Gasteiger partial charge in [0.2, 0.25) is 5.91 Å². The highest BCUT2D eigenvalue weighted by Gasteiger charge is 2.18. The third-order valence-corrected chi connectivity index (χ3v) is 5.95. The maximum atomic E-state index is 12.2. The molecule has 0 saturated carbocycles. The molecule has 0 fully saturated rings. The number of benzene rings is 2. The predicted octanol–water partition coefficient (Wildman–Crippen LogP) is 6.19. The van der Waals surface area contributed by atoms with Gasteiger partial charge in [-0.2, -0.15) is 0 Å². The van der Waals surface area contributed by atoms with E-state index in [-0.39, 0.29) is 5.91 Å². The molecule has 0 spiro atoms. The first-order valence-electron chi connectivity index (χ1n) is 7.73. The first kappa shape index (κ1) is 18.2. The minimum atomic E-state index is -0.0351. The second-order valence-corrected chi connectivity index (χ2v) is 8.36. The number of aromatic nitrogens is 1. The number of rotatable bonds is 5. The van der Waals surface area contributed by atoms with E-state index in [1.165, 1.54) is 16.2 Å². The van der Waals surface area contributed by atoms with Gasteiger partial charge in [0.05, 0.1) is 11.4 Å². The van der Waals surface area contributed by atoms with Crippen LogP contribution in [0.4, 0.5) is 10.8 Å². The Bertz CT molecular complexity index is 877. The molecule has 0 unspecified atom stereocenters. The van der Waals surface area contributed by atoms with Crippen LogP contribution < -0.4 is 4.90 Å². The number of hydrogen-bond donors (Lipinski definition) is 0. The predicted molar refractivity (Wildman–Crippen MR) is 110 cm³/mol. The Kier molecular flexibility index (Phi) is 5.93. The van der Waals surface area contributed by atoms with Crippen LogP contribution in [0.15, 0.2) is 63.3 Å². The van der Waals surface area contributed by atoms with Crippen molar-refractivity contribution in [3.63, 3.8) is 0 Å². The number of carbonyl (C=O) groups is 1.